The summed E-state index contributed by atoms with van der Waals surface area (Å²) in [4.78, 5) is 27.8. The Bertz CT molecular complexity index is 1320. The molecule has 1 amide bonds. The van der Waals surface area contributed by atoms with Crippen LogP contribution in [-0.2, 0) is 0 Å². The van der Waals surface area contributed by atoms with Gasteiger partial charge in [-0.15, -0.1) is 11.3 Å². The number of hydrogen-bond acceptors (Lipinski definition) is 7. The minimum Gasteiger partial charge on any atom is -0.495 e. The number of thiazole rings is 1. The van der Waals surface area contributed by atoms with E-state index in [9.17, 15) is 14.9 Å². The Kier molecular flexibility index (Phi) is 6.32. The lowest BCUT2D eigenvalue weighted by Crippen LogP contribution is -2.12. The van der Waals surface area contributed by atoms with E-state index in [-0.39, 0.29) is 11.3 Å². The quantitative estimate of drug-likeness (QED) is 0.258. The van der Waals surface area contributed by atoms with Crippen LogP contribution in [0.2, 0.25) is 0 Å². The molecule has 1 aromatic heterocycles. The van der Waals surface area contributed by atoms with Crippen LogP contribution in [0.15, 0.2) is 72.1 Å². The number of hydrogen-bond donors (Lipinski definition) is 2. The van der Waals surface area contributed by atoms with Crippen molar-refractivity contribution in [2.45, 2.75) is 6.92 Å². The molecule has 0 saturated carbocycles. The average molecular weight is 461 g/mol. The van der Waals surface area contributed by atoms with E-state index in [1.165, 1.54) is 17.4 Å². The van der Waals surface area contributed by atoms with Crippen LogP contribution < -0.4 is 15.4 Å². The molecule has 1 heterocycles. The van der Waals surface area contributed by atoms with E-state index in [0.717, 1.165) is 27.8 Å². The molecule has 0 unspecified atom stereocenters. The molecule has 8 nitrogen and oxygen atoms in total. The van der Waals surface area contributed by atoms with Crippen LogP contribution in [0, 0.1) is 17.0 Å². The number of aryl methyl sites for hydroxylation is 1. The SMILES string of the molecule is COc1ccccc1Nc1nc(-c2ccc(NC(=O)c3ccc(C)c([N+](=O)[O-])c3)cc2)cs1. The van der Waals surface area contributed by atoms with Crippen LogP contribution in [-0.4, -0.2) is 22.9 Å². The summed E-state index contributed by atoms with van der Waals surface area (Å²) < 4.78 is 5.36. The molecule has 4 rings (SSSR count). The topological polar surface area (TPSA) is 106 Å². The number of para-hydroxylation sites is 2. The molecule has 166 valence electrons. The van der Waals surface area contributed by atoms with Gasteiger partial charge >= 0.3 is 0 Å². The van der Waals surface area contributed by atoms with E-state index in [1.807, 2.05) is 41.8 Å². The van der Waals surface area contributed by atoms with Gasteiger partial charge in [-0.3, -0.25) is 14.9 Å². The lowest BCUT2D eigenvalue weighted by Gasteiger charge is -2.08. The van der Waals surface area contributed by atoms with Gasteiger partial charge in [0.05, 0.1) is 23.4 Å². The summed E-state index contributed by atoms with van der Waals surface area (Å²) in [6.07, 6.45) is 0. The van der Waals surface area contributed by atoms with Crippen LogP contribution in [0.3, 0.4) is 0 Å². The zero-order valence-corrected chi connectivity index (χ0v) is 18.7. The summed E-state index contributed by atoms with van der Waals surface area (Å²) in [6.45, 7) is 1.63. The number of nitro benzene ring substituents is 1. The highest BCUT2D eigenvalue weighted by molar-refractivity contribution is 7.14. The molecule has 0 radical (unpaired) electrons. The highest BCUT2D eigenvalue weighted by atomic mass is 32.1. The van der Waals surface area contributed by atoms with Gasteiger partial charge < -0.3 is 15.4 Å². The fourth-order valence-corrected chi connectivity index (χ4v) is 3.93. The predicted octanol–water partition coefficient (Wildman–Crippen LogP) is 6.03. The highest BCUT2D eigenvalue weighted by Crippen LogP contribution is 2.31. The van der Waals surface area contributed by atoms with Gasteiger partial charge in [0.25, 0.3) is 11.6 Å². The molecule has 3 aromatic carbocycles. The number of aromatic nitrogens is 1. The number of nitrogens with one attached hydrogen (secondary N) is 2. The summed E-state index contributed by atoms with van der Waals surface area (Å²) in [5, 5.41) is 19.8. The second-order valence-corrected chi connectivity index (χ2v) is 8.01. The molecule has 0 fully saturated rings. The third-order valence-electron chi connectivity index (χ3n) is 4.96. The van der Waals surface area contributed by atoms with Gasteiger partial charge in [-0.1, -0.05) is 30.3 Å². The van der Waals surface area contributed by atoms with Crippen molar-refractivity contribution in [2.24, 2.45) is 0 Å². The number of rotatable bonds is 7. The predicted molar refractivity (Wildman–Crippen MR) is 130 cm³/mol. The van der Waals surface area contributed by atoms with E-state index in [0.29, 0.717) is 11.3 Å². The molecule has 0 spiro atoms. The lowest BCUT2D eigenvalue weighted by molar-refractivity contribution is -0.385. The zero-order valence-electron chi connectivity index (χ0n) is 17.9. The summed E-state index contributed by atoms with van der Waals surface area (Å²) >= 11 is 1.47. The fourth-order valence-electron chi connectivity index (χ4n) is 3.20. The summed E-state index contributed by atoms with van der Waals surface area (Å²) in [5.41, 5.74) is 3.74. The molecule has 0 bridgehead atoms. The first-order chi connectivity index (χ1) is 15.9. The van der Waals surface area contributed by atoms with Crippen LogP contribution in [0.4, 0.5) is 22.2 Å². The number of amides is 1. The first-order valence-electron chi connectivity index (χ1n) is 9.97. The Morgan fingerprint density at radius 1 is 1.09 bits per heavy atom. The summed E-state index contributed by atoms with van der Waals surface area (Å²) in [5.74, 6) is 0.316. The van der Waals surface area contributed by atoms with Gasteiger partial charge in [0, 0.05) is 33.8 Å². The third kappa shape index (κ3) is 4.99. The van der Waals surface area contributed by atoms with E-state index in [1.54, 1.807) is 38.3 Å². The van der Waals surface area contributed by atoms with Crippen LogP contribution >= 0.6 is 11.3 Å². The molecule has 0 aliphatic carbocycles. The number of nitro groups is 1. The van der Waals surface area contributed by atoms with Gasteiger partial charge in [-0.25, -0.2) is 4.98 Å². The average Bonchev–Trinajstić information content (AvgIpc) is 3.28. The molecule has 4 aromatic rings. The number of ether oxygens (including phenoxy) is 1. The molecule has 33 heavy (non-hydrogen) atoms. The molecule has 0 aliphatic rings. The van der Waals surface area contributed by atoms with Crippen molar-refractivity contribution >= 4 is 39.4 Å². The van der Waals surface area contributed by atoms with Gasteiger partial charge in [0.1, 0.15) is 5.75 Å². The smallest absolute Gasteiger partial charge is 0.273 e. The maximum Gasteiger partial charge on any atom is 0.273 e. The van der Waals surface area contributed by atoms with Crippen LogP contribution in [0.25, 0.3) is 11.3 Å². The van der Waals surface area contributed by atoms with Crippen LogP contribution in [0.1, 0.15) is 15.9 Å². The molecule has 0 aliphatic heterocycles. The minimum atomic E-state index is -0.494. The third-order valence-corrected chi connectivity index (χ3v) is 5.72. The molecule has 9 heteroatoms. The van der Waals surface area contributed by atoms with Crippen molar-refractivity contribution in [3.63, 3.8) is 0 Å². The lowest BCUT2D eigenvalue weighted by atomic mass is 10.1. The Morgan fingerprint density at radius 2 is 1.85 bits per heavy atom. The van der Waals surface area contributed by atoms with Crippen molar-refractivity contribution in [2.75, 3.05) is 17.7 Å². The Labute approximate surface area is 194 Å². The monoisotopic (exact) mass is 460 g/mol. The maximum absolute atomic E-state index is 12.5. The van der Waals surface area contributed by atoms with Crippen molar-refractivity contribution < 1.29 is 14.5 Å². The van der Waals surface area contributed by atoms with Crippen molar-refractivity contribution in [1.29, 1.82) is 0 Å². The van der Waals surface area contributed by atoms with E-state index in [4.69, 9.17) is 4.74 Å². The summed E-state index contributed by atoms with van der Waals surface area (Å²) in [7, 11) is 1.62. The molecule has 2 N–H and O–H groups in total. The largest absolute Gasteiger partial charge is 0.495 e. The number of nitrogens with zero attached hydrogens (tertiary/aromatic N) is 2. The van der Waals surface area contributed by atoms with Crippen molar-refractivity contribution in [3.05, 3.63) is 93.4 Å². The highest BCUT2D eigenvalue weighted by Gasteiger charge is 2.15. The number of carbonyl (C=O) groups excluding carboxylic acids is 1. The first-order valence-corrected chi connectivity index (χ1v) is 10.8. The van der Waals surface area contributed by atoms with Crippen LogP contribution in [0.5, 0.6) is 5.75 Å². The van der Waals surface area contributed by atoms with Crippen molar-refractivity contribution in [1.82, 2.24) is 4.98 Å². The minimum absolute atomic E-state index is 0.0842. The Hall–Kier alpha value is -4.24. The number of methoxy groups -OCH3 is 1. The molecule has 0 atom stereocenters. The Balaban J connectivity index is 1.45. The van der Waals surface area contributed by atoms with Gasteiger partial charge in [0.2, 0.25) is 0 Å². The maximum atomic E-state index is 12.5. The van der Waals surface area contributed by atoms with Crippen molar-refractivity contribution in [3.8, 4) is 17.0 Å². The van der Waals surface area contributed by atoms with E-state index < -0.39 is 10.8 Å². The molecular weight excluding hydrogens is 440 g/mol. The molecule has 0 saturated heterocycles. The standard InChI is InChI=1S/C24H20N4O4S/c1-15-7-8-17(13-21(15)28(30)31)23(29)25-18-11-9-16(10-12-18)20-14-33-24(27-20)26-19-5-3-4-6-22(19)32-2/h3-14H,1-2H3,(H,25,29)(H,26,27). The van der Waals surface area contributed by atoms with E-state index >= 15 is 0 Å². The van der Waals surface area contributed by atoms with E-state index in [2.05, 4.69) is 15.6 Å². The van der Waals surface area contributed by atoms with Gasteiger partial charge in [-0.2, -0.15) is 0 Å². The first kappa shape index (κ1) is 22.0. The summed E-state index contributed by atoms with van der Waals surface area (Å²) in [6, 6.07) is 19.3. The van der Waals surface area contributed by atoms with Gasteiger partial charge in [-0.05, 0) is 37.3 Å². The Morgan fingerprint density at radius 3 is 2.58 bits per heavy atom. The number of anilines is 3. The van der Waals surface area contributed by atoms with Gasteiger partial charge in [0.15, 0.2) is 5.13 Å². The second kappa shape index (κ2) is 9.49. The second-order valence-electron chi connectivity index (χ2n) is 7.15. The fraction of sp³-hybridized carbons (Fsp3) is 0.0833. The number of carbonyl (C=O) groups is 1. The zero-order chi connectivity index (χ0) is 23.4. The number of benzene rings is 3. The normalized spacial score (nSPS) is 10.5. The molecular formula is C24H20N4O4S.